The Labute approximate surface area is 131 Å². The van der Waals surface area contributed by atoms with Crippen LogP contribution in [0.5, 0.6) is 0 Å². The molecule has 1 aromatic carbocycles. The highest BCUT2D eigenvalue weighted by Crippen LogP contribution is 2.28. The molecule has 1 aromatic heterocycles. The van der Waals surface area contributed by atoms with E-state index in [9.17, 15) is 9.90 Å². The van der Waals surface area contributed by atoms with Gasteiger partial charge in [0.25, 0.3) is 0 Å². The van der Waals surface area contributed by atoms with Crippen molar-refractivity contribution >= 4 is 21.9 Å². The summed E-state index contributed by atoms with van der Waals surface area (Å²) < 4.78 is 2.82. The zero-order valence-corrected chi connectivity index (χ0v) is 13.5. The average molecular weight is 349 g/mol. The van der Waals surface area contributed by atoms with Crippen molar-refractivity contribution in [1.82, 2.24) is 9.78 Å². The van der Waals surface area contributed by atoms with Gasteiger partial charge in [-0.05, 0) is 50.3 Å². The van der Waals surface area contributed by atoms with Gasteiger partial charge in [-0.3, -0.25) is 0 Å². The van der Waals surface area contributed by atoms with Crippen molar-refractivity contribution in [3.05, 3.63) is 45.2 Å². The lowest BCUT2D eigenvalue weighted by molar-refractivity contribution is 0.0688. The molecule has 2 aromatic rings. The SMILES string of the molecule is Cc1ccc(-n2nc(C(=O)O)c3c2CCCCC3)cc1Br. The largest absolute Gasteiger partial charge is 0.476 e. The molecule has 0 unspecified atom stereocenters. The number of rotatable bonds is 2. The lowest BCUT2D eigenvalue weighted by Crippen LogP contribution is -2.04. The third kappa shape index (κ3) is 2.62. The molecule has 5 heteroatoms. The van der Waals surface area contributed by atoms with Crippen molar-refractivity contribution in [2.45, 2.75) is 39.0 Å². The van der Waals surface area contributed by atoms with E-state index in [1.54, 1.807) is 0 Å². The van der Waals surface area contributed by atoms with Crippen molar-refractivity contribution in [3.63, 3.8) is 0 Å². The van der Waals surface area contributed by atoms with Gasteiger partial charge < -0.3 is 5.11 Å². The molecule has 0 amide bonds. The van der Waals surface area contributed by atoms with Gasteiger partial charge in [0.2, 0.25) is 0 Å². The Morgan fingerprint density at radius 3 is 2.76 bits per heavy atom. The van der Waals surface area contributed by atoms with Gasteiger partial charge in [-0.25, -0.2) is 9.48 Å². The van der Waals surface area contributed by atoms with Crippen LogP contribution in [0.25, 0.3) is 5.69 Å². The molecule has 0 bridgehead atoms. The molecule has 0 atom stereocenters. The maximum atomic E-state index is 11.5. The van der Waals surface area contributed by atoms with Crippen LogP contribution >= 0.6 is 15.9 Å². The summed E-state index contributed by atoms with van der Waals surface area (Å²) in [5.74, 6) is -0.932. The quantitative estimate of drug-likeness (QED) is 0.837. The van der Waals surface area contributed by atoms with Crippen molar-refractivity contribution in [1.29, 1.82) is 0 Å². The summed E-state index contributed by atoms with van der Waals surface area (Å²) in [6, 6.07) is 6.01. The molecule has 1 aliphatic rings. The van der Waals surface area contributed by atoms with Crippen LogP contribution in [-0.2, 0) is 12.8 Å². The van der Waals surface area contributed by atoms with Crippen LogP contribution in [0.15, 0.2) is 22.7 Å². The van der Waals surface area contributed by atoms with Gasteiger partial charge >= 0.3 is 5.97 Å². The molecule has 0 fully saturated rings. The van der Waals surface area contributed by atoms with Crippen molar-refractivity contribution in [2.75, 3.05) is 0 Å². The maximum Gasteiger partial charge on any atom is 0.356 e. The highest BCUT2D eigenvalue weighted by atomic mass is 79.9. The first kappa shape index (κ1) is 14.3. The second-order valence-electron chi connectivity index (χ2n) is 5.48. The predicted octanol–water partition coefficient (Wildman–Crippen LogP) is 3.91. The molecule has 0 spiro atoms. The molecule has 4 nitrogen and oxygen atoms in total. The van der Waals surface area contributed by atoms with E-state index < -0.39 is 5.97 Å². The third-order valence-electron chi connectivity index (χ3n) is 4.03. The number of carboxylic acid groups (broad SMARTS) is 1. The number of nitrogens with zero attached hydrogens (tertiary/aromatic N) is 2. The Morgan fingerprint density at radius 2 is 2.05 bits per heavy atom. The topological polar surface area (TPSA) is 55.1 Å². The normalized spacial score (nSPS) is 14.6. The molecule has 1 aliphatic carbocycles. The number of hydrogen-bond donors (Lipinski definition) is 1. The Hall–Kier alpha value is -1.62. The number of carbonyl (C=O) groups is 1. The minimum absolute atomic E-state index is 0.212. The number of hydrogen-bond acceptors (Lipinski definition) is 2. The molecule has 21 heavy (non-hydrogen) atoms. The second-order valence-corrected chi connectivity index (χ2v) is 6.34. The van der Waals surface area contributed by atoms with Crippen LogP contribution < -0.4 is 0 Å². The number of aryl methyl sites for hydroxylation is 1. The van der Waals surface area contributed by atoms with E-state index in [1.165, 1.54) is 0 Å². The monoisotopic (exact) mass is 348 g/mol. The summed E-state index contributed by atoms with van der Waals surface area (Å²) in [4.78, 5) is 11.5. The van der Waals surface area contributed by atoms with E-state index in [0.717, 1.165) is 59.1 Å². The summed E-state index contributed by atoms with van der Waals surface area (Å²) in [5.41, 5.74) is 4.24. The molecular weight excluding hydrogens is 332 g/mol. The highest BCUT2D eigenvalue weighted by Gasteiger charge is 2.24. The van der Waals surface area contributed by atoms with E-state index in [4.69, 9.17) is 0 Å². The summed E-state index contributed by atoms with van der Waals surface area (Å²) >= 11 is 3.53. The molecule has 0 radical (unpaired) electrons. The van der Waals surface area contributed by atoms with Crippen molar-refractivity contribution < 1.29 is 9.90 Å². The van der Waals surface area contributed by atoms with E-state index >= 15 is 0 Å². The number of fused-ring (bicyclic) bond motifs is 1. The minimum Gasteiger partial charge on any atom is -0.476 e. The van der Waals surface area contributed by atoms with Crippen LogP contribution in [0.2, 0.25) is 0 Å². The minimum atomic E-state index is -0.932. The molecular formula is C16H17BrN2O2. The van der Waals surface area contributed by atoms with Crippen molar-refractivity contribution in [2.24, 2.45) is 0 Å². The Balaban J connectivity index is 2.17. The van der Waals surface area contributed by atoms with E-state index in [-0.39, 0.29) is 5.69 Å². The molecule has 0 saturated heterocycles. The molecule has 0 saturated carbocycles. The number of aromatic carboxylic acids is 1. The van der Waals surface area contributed by atoms with Gasteiger partial charge in [-0.1, -0.05) is 28.4 Å². The van der Waals surface area contributed by atoms with Crippen LogP contribution in [0.3, 0.4) is 0 Å². The number of carboxylic acids is 1. The van der Waals surface area contributed by atoms with E-state index in [1.807, 2.05) is 29.8 Å². The fourth-order valence-corrected chi connectivity index (χ4v) is 3.24. The molecule has 1 N–H and O–H groups in total. The van der Waals surface area contributed by atoms with Crippen molar-refractivity contribution in [3.8, 4) is 5.69 Å². The lowest BCUT2D eigenvalue weighted by atomic mass is 10.1. The fourth-order valence-electron chi connectivity index (χ4n) is 2.87. The van der Waals surface area contributed by atoms with Gasteiger partial charge in [0.1, 0.15) is 0 Å². The zero-order chi connectivity index (χ0) is 15.0. The Morgan fingerprint density at radius 1 is 1.29 bits per heavy atom. The van der Waals surface area contributed by atoms with Crippen LogP contribution in [0.4, 0.5) is 0 Å². The molecule has 0 aliphatic heterocycles. The number of aromatic nitrogens is 2. The summed E-state index contributed by atoms with van der Waals surface area (Å²) in [6.07, 6.45) is 4.97. The van der Waals surface area contributed by atoms with Gasteiger partial charge in [0, 0.05) is 15.7 Å². The summed E-state index contributed by atoms with van der Waals surface area (Å²) in [6.45, 7) is 2.03. The van der Waals surface area contributed by atoms with Gasteiger partial charge in [0.05, 0.1) is 5.69 Å². The van der Waals surface area contributed by atoms with Crippen LogP contribution in [0, 0.1) is 6.92 Å². The van der Waals surface area contributed by atoms with Crippen LogP contribution in [-0.4, -0.2) is 20.9 Å². The zero-order valence-electron chi connectivity index (χ0n) is 11.9. The van der Waals surface area contributed by atoms with Crippen LogP contribution in [0.1, 0.15) is 46.6 Å². The predicted molar refractivity (Wildman–Crippen MR) is 84.2 cm³/mol. The first-order chi connectivity index (χ1) is 10.1. The Bertz CT molecular complexity index is 707. The highest BCUT2D eigenvalue weighted by molar-refractivity contribution is 9.10. The smallest absolute Gasteiger partial charge is 0.356 e. The molecule has 3 rings (SSSR count). The molecule has 1 heterocycles. The first-order valence-corrected chi connectivity index (χ1v) is 7.98. The van der Waals surface area contributed by atoms with Gasteiger partial charge in [-0.2, -0.15) is 5.10 Å². The van der Waals surface area contributed by atoms with Gasteiger partial charge in [-0.15, -0.1) is 0 Å². The number of halogens is 1. The third-order valence-corrected chi connectivity index (χ3v) is 4.89. The summed E-state index contributed by atoms with van der Waals surface area (Å²) in [7, 11) is 0. The first-order valence-electron chi connectivity index (χ1n) is 7.18. The molecule has 110 valence electrons. The average Bonchev–Trinajstić information content (AvgIpc) is 2.65. The number of benzene rings is 1. The fraction of sp³-hybridized carbons (Fsp3) is 0.375. The standard InChI is InChI=1S/C16H17BrN2O2/c1-10-7-8-11(9-13(10)17)19-14-6-4-2-3-5-12(14)15(18-19)16(20)21/h7-9H,2-6H2,1H3,(H,20,21). The second kappa shape index (κ2) is 5.64. The summed E-state index contributed by atoms with van der Waals surface area (Å²) in [5, 5.41) is 13.8. The van der Waals surface area contributed by atoms with E-state index in [0.29, 0.717) is 0 Å². The lowest BCUT2D eigenvalue weighted by Gasteiger charge is -2.09. The van der Waals surface area contributed by atoms with E-state index in [2.05, 4.69) is 21.0 Å². The Kier molecular flexibility index (Phi) is 3.85. The maximum absolute atomic E-state index is 11.5. The van der Waals surface area contributed by atoms with Gasteiger partial charge in [0.15, 0.2) is 5.69 Å².